The van der Waals surface area contributed by atoms with Crippen molar-refractivity contribution in [2.75, 3.05) is 6.26 Å². The van der Waals surface area contributed by atoms with Crippen molar-refractivity contribution in [1.82, 2.24) is 9.55 Å². The van der Waals surface area contributed by atoms with Gasteiger partial charge in [0, 0.05) is 0 Å². The maximum absolute atomic E-state index is 12.7. The highest BCUT2D eigenvalue weighted by molar-refractivity contribution is 7.98. The summed E-state index contributed by atoms with van der Waals surface area (Å²) in [6.45, 7) is 0. The zero-order valence-electron chi connectivity index (χ0n) is 10.7. The third-order valence-corrected chi connectivity index (χ3v) is 3.98. The molecule has 0 unspecified atom stereocenters. The summed E-state index contributed by atoms with van der Waals surface area (Å²) in [5.41, 5.74) is 1.25. The maximum Gasteiger partial charge on any atom is 0.266 e. The Kier molecular flexibility index (Phi) is 3.51. The molecule has 1 heterocycles. The highest BCUT2D eigenvalue weighted by atomic mass is 35.5. The molecule has 2 aromatic carbocycles. The van der Waals surface area contributed by atoms with Crippen LogP contribution in [-0.4, -0.2) is 15.8 Å². The van der Waals surface area contributed by atoms with Crippen LogP contribution in [0.1, 0.15) is 0 Å². The van der Waals surface area contributed by atoms with Crippen molar-refractivity contribution in [1.29, 1.82) is 0 Å². The molecule has 0 aliphatic rings. The minimum absolute atomic E-state index is 0.104. The number of benzene rings is 2. The number of hydrogen-bond donors (Lipinski definition) is 0. The van der Waals surface area contributed by atoms with Gasteiger partial charge in [0.25, 0.3) is 5.56 Å². The number of hydrogen-bond acceptors (Lipinski definition) is 3. The molecule has 0 saturated carbocycles. The molecular weight excluding hydrogens is 292 g/mol. The Morgan fingerprint density at radius 1 is 1.10 bits per heavy atom. The molecule has 0 aliphatic heterocycles. The summed E-state index contributed by atoms with van der Waals surface area (Å²) >= 11 is 7.64. The molecule has 0 aliphatic carbocycles. The van der Waals surface area contributed by atoms with Crippen LogP contribution in [0.3, 0.4) is 0 Å². The van der Waals surface area contributed by atoms with E-state index in [4.69, 9.17) is 11.6 Å². The fourth-order valence-corrected chi connectivity index (χ4v) is 2.87. The fourth-order valence-electron chi connectivity index (χ4n) is 2.09. The Balaban J connectivity index is 2.43. The summed E-state index contributed by atoms with van der Waals surface area (Å²) in [6.07, 6.45) is 1.89. The van der Waals surface area contributed by atoms with Crippen molar-refractivity contribution in [3.8, 4) is 5.69 Å². The third-order valence-electron chi connectivity index (χ3n) is 3.02. The molecule has 0 bridgehead atoms. The first kappa shape index (κ1) is 13.2. The summed E-state index contributed by atoms with van der Waals surface area (Å²) in [5.74, 6) is 0. The second-order valence-corrected chi connectivity index (χ2v) is 5.39. The van der Waals surface area contributed by atoms with Crippen molar-refractivity contribution in [3.63, 3.8) is 0 Å². The number of halogens is 1. The fraction of sp³-hybridized carbons (Fsp3) is 0.0667. The molecule has 1 aromatic heterocycles. The molecule has 0 N–H and O–H groups in total. The predicted molar refractivity (Wildman–Crippen MR) is 84.1 cm³/mol. The summed E-state index contributed by atoms with van der Waals surface area (Å²) in [4.78, 5) is 17.3. The van der Waals surface area contributed by atoms with Gasteiger partial charge < -0.3 is 0 Å². The van der Waals surface area contributed by atoms with Gasteiger partial charge in [0.1, 0.15) is 0 Å². The van der Waals surface area contributed by atoms with Gasteiger partial charge in [-0.25, -0.2) is 4.98 Å². The van der Waals surface area contributed by atoms with Gasteiger partial charge in [-0.15, -0.1) is 0 Å². The minimum Gasteiger partial charge on any atom is -0.268 e. The van der Waals surface area contributed by atoms with E-state index in [9.17, 15) is 4.79 Å². The molecule has 0 amide bonds. The molecule has 5 heteroatoms. The lowest BCUT2D eigenvalue weighted by Crippen LogP contribution is -2.21. The molecule has 3 rings (SSSR count). The number of rotatable bonds is 2. The number of nitrogens with zero attached hydrogens (tertiary/aromatic N) is 2. The van der Waals surface area contributed by atoms with Crippen molar-refractivity contribution in [3.05, 3.63) is 63.9 Å². The summed E-state index contributed by atoms with van der Waals surface area (Å²) in [5, 5.41) is 1.74. The van der Waals surface area contributed by atoms with Crippen LogP contribution in [0.5, 0.6) is 0 Å². The van der Waals surface area contributed by atoms with Gasteiger partial charge in [-0.2, -0.15) is 0 Å². The van der Waals surface area contributed by atoms with Gasteiger partial charge in [-0.3, -0.25) is 9.36 Å². The Hall–Kier alpha value is -1.78. The second-order valence-electron chi connectivity index (χ2n) is 4.21. The van der Waals surface area contributed by atoms with Gasteiger partial charge >= 0.3 is 0 Å². The lowest BCUT2D eigenvalue weighted by molar-refractivity contribution is 0.822. The highest BCUT2D eigenvalue weighted by Gasteiger charge is 2.13. The Morgan fingerprint density at radius 3 is 2.55 bits per heavy atom. The van der Waals surface area contributed by atoms with Crippen molar-refractivity contribution in [2.24, 2.45) is 0 Å². The molecular formula is C15H11ClN2OS. The van der Waals surface area contributed by atoms with Crippen LogP contribution in [-0.2, 0) is 0 Å². The van der Waals surface area contributed by atoms with E-state index in [1.54, 1.807) is 16.7 Å². The lowest BCUT2D eigenvalue weighted by atomic mass is 10.2. The first-order chi connectivity index (χ1) is 9.72. The Bertz CT molecular complexity index is 845. The van der Waals surface area contributed by atoms with E-state index in [1.807, 2.05) is 42.7 Å². The lowest BCUT2D eigenvalue weighted by Gasteiger charge is -2.12. The minimum atomic E-state index is -0.104. The van der Waals surface area contributed by atoms with Crippen LogP contribution >= 0.6 is 23.4 Å². The van der Waals surface area contributed by atoms with Crippen LogP contribution in [0, 0.1) is 0 Å². The second kappa shape index (κ2) is 5.31. The third kappa shape index (κ3) is 2.11. The van der Waals surface area contributed by atoms with E-state index < -0.39 is 0 Å². The number of thioether (sulfide) groups is 1. The van der Waals surface area contributed by atoms with E-state index in [1.165, 1.54) is 11.8 Å². The molecule has 0 fully saturated rings. The Morgan fingerprint density at radius 2 is 1.80 bits per heavy atom. The van der Waals surface area contributed by atoms with Crippen LogP contribution in [0.2, 0.25) is 5.02 Å². The van der Waals surface area contributed by atoms with Crippen molar-refractivity contribution in [2.45, 2.75) is 5.16 Å². The van der Waals surface area contributed by atoms with Gasteiger partial charge in [0.05, 0.1) is 21.6 Å². The zero-order chi connectivity index (χ0) is 14.1. The predicted octanol–water partition coefficient (Wildman–Crippen LogP) is 3.76. The molecule has 0 saturated heterocycles. The standard InChI is InChI=1S/C15H11ClN2OS/c1-20-15-17-12-8-4-2-6-10(12)14(19)18(15)13-9-5-3-7-11(13)16/h2-9H,1H3. The normalized spacial score (nSPS) is 10.9. The first-order valence-corrected chi connectivity index (χ1v) is 7.63. The summed E-state index contributed by atoms with van der Waals surface area (Å²) in [7, 11) is 0. The Labute approximate surface area is 125 Å². The zero-order valence-corrected chi connectivity index (χ0v) is 12.3. The number of fused-ring (bicyclic) bond motifs is 1. The molecule has 0 atom stereocenters. The first-order valence-electron chi connectivity index (χ1n) is 6.03. The van der Waals surface area contributed by atoms with E-state index in [-0.39, 0.29) is 5.56 Å². The van der Waals surface area contributed by atoms with E-state index >= 15 is 0 Å². The molecule has 20 heavy (non-hydrogen) atoms. The van der Waals surface area contributed by atoms with Gasteiger partial charge in [0.15, 0.2) is 5.16 Å². The quantitative estimate of drug-likeness (QED) is 0.534. The van der Waals surface area contributed by atoms with Crippen LogP contribution in [0.25, 0.3) is 16.6 Å². The van der Waals surface area contributed by atoms with Crippen LogP contribution in [0.15, 0.2) is 58.5 Å². The van der Waals surface area contributed by atoms with Crippen molar-refractivity contribution < 1.29 is 0 Å². The maximum atomic E-state index is 12.7. The van der Waals surface area contributed by atoms with Crippen LogP contribution in [0.4, 0.5) is 0 Å². The van der Waals surface area contributed by atoms with Gasteiger partial charge in [-0.1, -0.05) is 47.6 Å². The molecule has 3 aromatic rings. The largest absolute Gasteiger partial charge is 0.268 e. The van der Waals surface area contributed by atoms with E-state index in [0.717, 1.165) is 0 Å². The SMILES string of the molecule is CSc1nc2ccccc2c(=O)n1-c1ccccc1Cl. The molecule has 0 spiro atoms. The average molecular weight is 303 g/mol. The summed E-state index contributed by atoms with van der Waals surface area (Å²) in [6, 6.07) is 14.6. The average Bonchev–Trinajstić information content (AvgIpc) is 2.48. The topological polar surface area (TPSA) is 34.9 Å². The number of para-hydroxylation sites is 2. The molecule has 3 nitrogen and oxygen atoms in total. The monoisotopic (exact) mass is 302 g/mol. The molecule has 100 valence electrons. The van der Waals surface area contributed by atoms with Gasteiger partial charge in [0.2, 0.25) is 0 Å². The molecule has 0 radical (unpaired) electrons. The smallest absolute Gasteiger partial charge is 0.266 e. The van der Waals surface area contributed by atoms with E-state index in [0.29, 0.717) is 26.8 Å². The van der Waals surface area contributed by atoms with Crippen molar-refractivity contribution >= 4 is 34.3 Å². The summed E-state index contributed by atoms with van der Waals surface area (Å²) < 4.78 is 1.56. The number of aromatic nitrogens is 2. The van der Waals surface area contributed by atoms with Crippen LogP contribution < -0.4 is 5.56 Å². The van der Waals surface area contributed by atoms with E-state index in [2.05, 4.69) is 4.98 Å². The van der Waals surface area contributed by atoms with Gasteiger partial charge in [-0.05, 0) is 30.5 Å². The highest BCUT2D eigenvalue weighted by Crippen LogP contribution is 2.24.